The van der Waals surface area contributed by atoms with Crippen LogP contribution in [-0.2, 0) is 17.8 Å². The van der Waals surface area contributed by atoms with E-state index in [-0.39, 0.29) is 11.9 Å². The predicted octanol–water partition coefficient (Wildman–Crippen LogP) is 3.95. The van der Waals surface area contributed by atoms with Gasteiger partial charge < -0.3 is 20.3 Å². The monoisotopic (exact) mass is 381 g/mol. The van der Waals surface area contributed by atoms with Crippen LogP contribution in [0.5, 0.6) is 5.75 Å². The van der Waals surface area contributed by atoms with Gasteiger partial charge in [-0.1, -0.05) is 39.0 Å². The van der Waals surface area contributed by atoms with Crippen LogP contribution in [0.2, 0.25) is 0 Å². The van der Waals surface area contributed by atoms with Gasteiger partial charge in [0.05, 0.1) is 7.11 Å². The van der Waals surface area contributed by atoms with Crippen LogP contribution >= 0.6 is 0 Å². The van der Waals surface area contributed by atoms with E-state index < -0.39 is 5.41 Å². The molecule has 1 aliphatic heterocycles. The van der Waals surface area contributed by atoms with Crippen molar-refractivity contribution in [1.29, 1.82) is 0 Å². The minimum absolute atomic E-state index is 0.0901. The lowest BCUT2D eigenvalue weighted by molar-refractivity contribution is -0.125. The van der Waals surface area contributed by atoms with Gasteiger partial charge in [0.15, 0.2) is 0 Å². The Bertz CT molecular complexity index is 870. The molecule has 2 aromatic rings. The Morgan fingerprint density at radius 3 is 2.46 bits per heavy atom. The molecule has 2 aromatic carbocycles. The molecule has 0 radical (unpaired) electrons. The number of benzene rings is 2. The maximum Gasteiger partial charge on any atom is 0.319 e. The summed E-state index contributed by atoms with van der Waals surface area (Å²) < 4.78 is 5.13. The lowest BCUT2D eigenvalue weighted by atomic mass is 9.94. The van der Waals surface area contributed by atoms with E-state index in [0.717, 1.165) is 29.0 Å². The predicted molar refractivity (Wildman–Crippen MR) is 111 cm³/mol. The largest absolute Gasteiger partial charge is 0.497 e. The first-order valence-electron chi connectivity index (χ1n) is 9.40. The summed E-state index contributed by atoms with van der Waals surface area (Å²) in [5.41, 5.74) is 3.21. The molecule has 148 valence electrons. The first-order valence-corrected chi connectivity index (χ1v) is 9.40. The third kappa shape index (κ3) is 4.44. The van der Waals surface area contributed by atoms with Gasteiger partial charge in [-0.05, 0) is 41.8 Å². The molecule has 28 heavy (non-hydrogen) atoms. The Hall–Kier alpha value is -3.02. The minimum atomic E-state index is -0.444. The quantitative estimate of drug-likeness (QED) is 0.842. The van der Waals surface area contributed by atoms with Crippen LogP contribution in [0.25, 0.3) is 0 Å². The number of hydrogen-bond donors (Lipinski definition) is 2. The van der Waals surface area contributed by atoms with Gasteiger partial charge in [-0.2, -0.15) is 0 Å². The van der Waals surface area contributed by atoms with E-state index in [1.165, 1.54) is 0 Å². The Morgan fingerprint density at radius 1 is 1.11 bits per heavy atom. The number of amides is 3. The smallest absolute Gasteiger partial charge is 0.319 e. The van der Waals surface area contributed by atoms with E-state index in [1.807, 2.05) is 68.1 Å². The maximum atomic E-state index is 12.7. The third-order valence-corrected chi connectivity index (χ3v) is 4.74. The fourth-order valence-electron chi connectivity index (χ4n) is 3.17. The van der Waals surface area contributed by atoms with Crippen molar-refractivity contribution in [2.45, 2.75) is 33.7 Å². The van der Waals surface area contributed by atoms with Crippen molar-refractivity contribution in [3.05, 3.63) is 53.6 Å². The molecule has 0 aromatic heterocycles. The molecule has 3 rings (SSSR count). The van der Waals surface area contributed by atoms with E-state index in [0.29, 0.717) is 18.8 Å². The average Bonchev–Trinajstić information content (AvgIpc) is 3.08. The summed E-state index contributed by atoms with van der Waals surface area (Å²) in [4.78, 5) is 26.8. The van der Waals surface area contributed by atoms with E-state index in [1.54, 1.807) is 7.11 Å². The zero-order valence-electron chi connectivity index (χ0n) is 16.8. The molecule has 0 aliphatic carbocycles. The Balaban J connectivity index is 1.63. The van der Waals surface area contributed by atoms with Gasteiger partial charge in [0.25, 0.3) is 0 Å². The van der Waals surface area contributed by atoms with Gasteiger partial charge in [-0.15, -0.1) is 0 Å². The first-order chi connectivity index (χ1) is 13.3. The van der Waals surface area contributed by atoms with Crippen LogP contribution in [0.4, 0.5) is 16.2 Å². The van der Waals surface area contributed by atoms with Crippen molar-refractivity contribution in [2.24, 2.45) is 5.41 Å². The molecule has 6 heteroatoms. The molecule has 0 saturated heterocycles. The number of anilines is 2. The summed E-state index contributed by atoms with van der Waals surface area (Å²) in [5, 5.41) is 5.69. The van der Waals surface area contributed by atoms with Crippen LogP contribution in [-0.4, -0.2) is 25.6 Å². The normalized spacial score (nSPS) is 13.1. The van der Waals surface area contributed by atoms with E-state index >= 15 is 0 Å². The average molecular weight is 381 g/mol. The van der Waals surface area contributed by atoms with Crippen molar-refractivity contribution in [3.8, 4) is 5.75 Å². The van der Waals surface area contributed by atoms with Crippen molar-refractivity contribution in [3.63, 3.8) is 0 Å². The Labute approximate surface area is 165 Å². The molecule has 0 atom stereocenters. The SMILES string of the molecule is COc1ccc(CNC(=O)Nc2ccc3c(c2)N(C(=O)C(C)(C)C)CC3)cc1. The second kappa shape index (κ2) is 7.92. The summed E-state index contributed by atoms with van der Waals surface area (Å²) >= 11 is 0. The van der Waals surface area contributed by atoms with Gasteiger partial charge in [-0.3, -0.25) is 4.79 Å². The fourth-order valence-corrected chi connectivity index (χ4v) is 3.17. The number of fused-ring (bicyclic) bond motifs is 1. The third-order valence-electron chi connectivity index (χ3n) is 4.74. The molecule has 3 amide bonds. The summed E-state index contributed by atoms with van der Waals surface area (Å²) in [5.74, 6) is 0.869. The zero-order valence-corrected chi connectivity index (χ0v) is 16.8. The lowest BCUT2D eigenvalue weighted by Gasteiger charge is -2.26. The number of carbonyl (C=O) groups excluding carboxylic acids is 2. The molecular formula is C22H27N3O3. The van der Waals surface area contributed by atoms with Crippen LogP contribution in [0.15, 0.2) is 42.5 Å². The van der Waals surface area contributed by atoms with Crippen molar-refractivity contribution in [2.75, 3.05) is 23.9 Å². The molecule has 0 saturated carbocycles. The van der Waals surface area contributed by atoms with E-state index in [2.05, 4.69) is 10.6 Å². The molecule has 0 spiro atoms. The number of nitrogens with zero attached hydrogens (tertiary/aromatic N) is 1. The fraction of sp³-hybridized carbons (Fsp3) is 0.364. The number of rotatable bonds is 4. The van der Waals surface area contributed by atoms with Crippen molar-refractivity contribution in [1.82, 2.24) is 5.32 Å². The number of carbonyl (C=O) groups is 2. The van der Waals surface area contributed by atoms with Crippen LogP contribution in [0, 0.1) is 5.41 Å². The van der Waals surface area contributed by atoms with Crippen LogP contribution in [0.1, 0.15) is 31.9 Å². The lowest BCUT2D eigenvalue weighted by Crippen LogP contribution is -2.38. The molecular weight excluding hydrogens is 354 g/mol. The van der Waals surface area contributed by atoms with Crippen LogP contribution < -0.4 is 20.3 Å². The second-order valence-electron chi connectivity index (χ2n) is 7.96. The Morgan fingerprint density at radius 2 is 1.82 bits per heavy atom. The zero-order chi connectivity index (χ0) is 20.3. The summed E-state index contributed by atoms with van der Waals surface area (Å²) in [6.45, 7) is 6.85. The van der Waals surface area contributed by atoms with Crippen molar-refractivity contribution >= 4 is 23.3 Å². The summed E-state index contributed by atoms with van der Waals surface area (Å²) in [6.07, 6.45) is 0.834. The molecule has 1 aliphatic rings. The number of ether oxygens (including phenoxy) is 1. The number of nitrogens with one attached hydrogen (secondary N) is 2. The minimum Gasteiger partial charge on any atom is -0.497 e. The number of methoxy groups -OCH3 is 1. The highest BCUT2D eigenvalue weighted by molar-refractivity contribution is 6.00. The molecule has 6 nitrogen and oxygen atoms in total. The van der Waals surface area contributed by atoms with Gasteiger partial charge in [0.1, 0.15) is 5.75 Å². The van der Waals surface area contributed by atoms with Crippen LogP contribution in [0.3, 0.4) is 0 Å². The molecule has 0 bridgehead atoms. The van der Waals surface area contributed by atoms with E-state index in [9.17, 15) is 9.59 Å². The molecule has 0 unspecified atom stereocenters. The standard InChI is InChI=1S/C22H27N3O3/c1-22(2,3)20(26)25-12-11-16-7-8-17(13-19(16)25)24-21(27)23-14-15-5-9-18(28-4)10-6-15/h5-10,13H,11-12,14H2,1-4H3,(H2,23,24,27). The van der Waals surface area contributed by atoms with Gasteiger partial charge >= 0.3 is 6.03 Å². The highest BCUT2D eigenvalue weighted by Crippen LogP contribution is 2.34. The second-order valence-corrected chi connectivity index (χ2v) is 7.96. The molecule has 0 fully saturated rings. The highest BCUT2D eigenvalue weighted by atomic mass is 16.5. The van der Waals surface area contributed by atoms with Gasteiger partial charge in [0.2, 0.25) is 5.91 Å². The molecule has 1 heterocycles. The highest BCUT2D eigenvalue weighted by Gasteiger charge is 2.32. The number of urea groups is 1. The topological polar surface area (TPSA) is 70.7 Å². The summed E-state index contributed by atoms with van der Waals surface area (Å²) in [6, 6.07) is 13.0. The van der Waals surface area contributed by atoms with E-state index in [4.69, 9.17) is 4.74 Å². The maximum absolute atomic E-state index is 12.7. The van der Waals surface area contributed by atoms with Crippen molar-refractivity contribution < 1.29 is 14.3 Å². The summed E-state index contributed by atoms with van der Waals surface area (Å²) in [7, 11) is 1.62. The molecule has 2 N–H and O–H groups in total. The Kier molecular flexibility index (Phi) is 5.58. The van der Waals surface area contributed by atoms with Gasteiger partial charge in [-0.25, -0.2) is 4.79 Å². The number of hydrogen-bond acceptors (Lipinski definition) is 3. The van der Waals surface area contributed by atoms with Gasteiger partial charge in [0, 0.05) is 29.9 Å². The first kappa shape index (κ1) is 19.7.